The Kier molecular flexibility index (Phi) is 3.61. The summed E-state index contributed by atoms with van der Waals surface area (Å²) in [4.78, 5) is 2.39. The van der Waals surface area contributed by atoms with Gasteiger partial charge in [-0.2, -0.15) is 0 Å². The molecule has 2 aromatic rings. The first-order valence-electron chi connectivity index (χ1n) is 6.54. The summed E-state index contributed by atoms with van der Waals surface area (Å²) in [6.07, 6.45) is 2.82. The minimum absolute atomic E-state index is 0.819. The first-order valence-corrected chi connectivity index (χ1v) is 6.54. The Balaban J connectivity index is 1.72. The normalized spacial score (nSPS) is 16.9. The Morgan fingerprint density at radius 2 is 2.11 bits per heavy atom. The lowest BCUT2D eigenvalue weighted by molar-refractivity contribution is 0.0382. The number of nitrogens with zero attached hydrogens (tertiary/aromatic N) is 4. The molecular weight excluding hydrogens is 244 g/mol. The quantitative estimate of drug-likeness (QED) is 0.808. The van der Waals surface area contributed by atoms with Crippen molar-refractivity contribution in [3.63, 3.8) is 0 Å². The standard InChI is InChI=1S/C13H18N4O2/c1-18-11-2-3-12-14-15-13(17(12)10-11)4-5-16-6-8-19-9-7-16/h2-3,10H,4-9H2,1H3. The summed E-state index contributed by atoms with van der Waals surface area (Å²) in [6.45, 7) is 4.64. The van der Waals surface area contributed by atoms with Gasteiger partial charge in [-0.25, -0.2) is 0 Å². The molecule has 0 aromatic carbocycles. The van der Waals surface area contributed by atoms with Crippen LogP contribution in [0.5, 0.6) is 5.75 Å². The highest BCUT2D eigenvalue weighted by atomic mass is 16.5. The smallest absolute Gasteiger partial charge is 0.161 e. The molecule has 0 unspecified atom stereocenters. The highest BCUT2D eigenvalue weighted by Gasteiger charge is 2.12. The van der Waals surface area contributed by atoms with Crippen LogP contribution < -0.4 is 4.74 Å². The van der Waals surface area contributed by atoms with Crippen LogP contribution in [0.2, 0.25) is 0 Å². The molecule has 0 bridgehead atoms. The number of rotatable bonds is 4. The maximum absolute atomic E-state index is 5.35. The second kappa shape index (κ2) is 5.54. The van der Waals surface area contributed by atoms with E-state index in [2.05, 4.69) is 15.1 Å². The third kappa shape index (κ3) is 2.69. The van der Waals surface area contributed by atoms with E-state index < -0.39 is 0 Å². The van der Waals surface area contributed by atoms with Crippen molar-refractivity contribution in [3.05, 3.63) is 24.2 Å². The van der Waals surface area contributed by atoms with Crippen molar-refractivity contribution in [1.29, 1.82) is 0 Å². The fraction of sp³-hybridized carbons (Fsp3) is 0.538. The summed E-state index contributed by atoms with van der Waals surface area (Å²) in [5.74, 6) is 1.79. The van der Waals surface area contributed by atoms with E-state index in [4.69, 9.17) is 9.47 Å². The number of pyridine rings is 1. The van der Waals surface area contributed by atoms with Gasteiger partial charge in [0.05, 0.1) is 26.5 Å². The first-order chi connectivity index (χ1) is 9.36. The molecule has 1 fully saturated rings. The Morgan fingerprint density at radius 1 is 1.26 bits per heavy atom. The van der Waals surface area contributed by atoms with E-state index in [0.29, 0.717) is 0 Å². The van der Waals surface area contributed by atoms with Crippen LogP contribution in [0.1, 0.15) is 5.82 Å². The molecule has 1 aliphatic heterocycles. The van der Waals surface area contributed by atoms with E-state index in [1.165, 1.54) is 0 Å². The van der Waals surface area contributed by atoms with Gasteiger partial charge in [-0.3, -0.25) is 9.30 Å². The van der Waals surface area contributed by atoms with Crippen LogP contribution in [0, 0.1) is 0 Å². The molecule has 102 valence electrons. The van der Waals surface area contributed by atoms with Crippen molar-refractivity contribution >= 4 is 5.65 Å². The van der Waals surface area contributed by atoms with Crippen LogP contribution in [0.3, 0.4) is 0 Å². The zero-order valence-corrected chi connectivity index (χ0v) is 11.1. The van der Waals surface area contributed by atoms with Gasteiger partial charge in [0.2, 0.25) is 0 Å². The number of aromatic nitrogens is 3. The monoisotopic (exact) mass is 262 g/mol. The van der Waals surface area contributed by atoms with Gasteiger partial charge in [0, 0.05) is 26.1 Å². The van der Waals surface area contributed by atoms with Crippen LogP contribution in [-0.2, 0) is 11.2 Å². The summed E-state index contributed by atoms with van der Waals surface area (Å²) in [5.41, 5.74) is 0.859. The molecule has 0 atom stereocenters. The third-order valence-electron chi connectivity index (χ3n) is 3.44. The lowest BCUT2D eigenvalue weighted by atomic mass is 10.3. The average Bonchev–Trinajstić information content (AvgIpc) is 2.88. The van der Waals surface area contributed by atoms with E-state index in [-0.39, 0.29) is 0 Å². The molecule has 3 rings (SSSR count). The van der Waals surface area contributed by atoms with E-state index in [1.54, 1.807) is 7.11 Å². The summed E-state index contributed by atoms with van der Waals surface area (Å²) in [5, 5.41) is 8.43. The van der Waals surface area contributed by atoms with Gasteiger partial charge in [0.1, 0.15) is 11.6 Å². The largest absolute Gasteiger partial charge is 0.495 e. The molecule has 0 N–H and O–H groups in total. The van der Waals surface area contributed by atoms with Crippen LogP contribution in [0.25, 0.3) is 5.65 Å². The molecule has 3 heterocycles. The minimum atomic E-state index is 0.819. The molecule has 2 aromatic heterocycles. The highest BCUT2D eigenvalue weighted by Crippen LogP contribution is 2.13. The molecule has 0 aliphatic carbocycles. The van der Waals surface area contributed by atoms with Gasteiger partial charge in [-0.1, -0.05) is 0 Å². The van der Waals surface area contributed by atoms with Gasteiger partial charge in [-0.05, 0) is 12.1 Å². The molecule has 1 saturated heterocycles. The Bertz CT molecular complexity index is 549. The Morgan fingerprint density at radius 3 is 2.89 bits per heavy atom. The van der Waals surface area contributed by atoms with Gasteiger partial charge >= 0.3 is 0 Å². The topological polar surface area (TPSA) is 51.9 Å². The van der Waals surface area contributed by atoms with Crippen molar-refractivity contribution in [3.8, 4) is 5.75 Å². The zero-order valence-electron chi connectivity index (χ0n) is 11.1. The van der Waals surface area contributed by atoms with Crippen LogP contribution in [-0.4, -0.2) is 59.5 Å². The number of morpholine rings is 1. The van der Waals surface area contributed by atoms with Gasteiger partial charge in [0.25, 0.3) is 0 Å². The van der Waals surface area contributed by atoms with Gasteiger partial charge in [0.15, 0.2) is 5.65 Å². The number of hydrogen-bond donors (Lipinski definition) is 0. The predicted octanol–water partition coefficient (Wildman–Crippen LogP) is 0.613. The maximum Gasteiger partial charge on any atom is 0.161 e. The van der Waals surface area contributed by atoms with Crippen molar-refractivity contribution in [2.75, 3.05) is 40.0 Å². The number of hydrogen-bond acceptors (Lipinski definition) is 5. The molecule has 0 amide bonds. The van der Waals surface area contributed by atoms with Crippen molar-refractivity contribution in [2.24, 2.45) is 0 Å². The molecule has 19 heavy (non-hydrogen) atoms. The average molecular weight is 262 g/mol. The Hall–Kier alpha value is -1.66. The Labute approximate surface area is 111 Å². The lowest BCUT2D eigenvalue weighted by Gasteiger charge is -2.26. The fourth-order valence-corrected chi connectivity index (χ4v) is 2.29. The highest BCUT2D eigenvalue weighted by molar-refractivity contribution is 5.41. The molecule has 6 heteroatoms. The fourth-order valence-electron chi connectivity index (χ4n) is 2.29. The summed E-state index contributed by atoms with van der Waals surface area (Å²) in [6, 6.07) is 3.82. The van der Waals surface area contributed by atoms with E-state index in [9.17, 15) is 0 Å². The number of methoxy groups -OCH3 is 1. The maximum atomic E-state index is 5.35. The zero-order chi connectivity index (χ0) is 13.1. The molecule has 1 aliphatic rings. The molecular formula is C13H18N4O2. The third-order valence-corrected chi connectivity index (χ3v) is 3.44. The summed E-state index contributed by atoms with van der Waals surface area (Å²) < 4.78 is 12.6. The van der Waals surface area contributed by atoms with Crippen LogP contribution >= 0.6 is 0 Å². The van der Waals surface area contributed by atoms with Gasteiger partial charge in [-0.15, -0.1) is 10.2 Å². The van der Waals surface area contributed by atoms with Crippen LogP contribution in [0.4, 0.5) is 0 Å². The summed E-state index contributed by atoms with van der Waals surface area (Å²) >= 11 is 0. The van der Waals surface area contributed by atoms with Gasteiger partial charge < -0.3 is 9.47 Å². The lowest BCUT2D eigenvalue weighted by Crippen LogP contribution is -2.37. The molecule has 0 spiro atoms. The minimum Gasteiger partial charge on any atom is -0.495 e. The second-order valence-corrected chi connectivity index (χ2v) is 4.62. The number of ether oxygens (including phenoxy) is 2. The van der Waals surface area contributed by atoms with E-state index in [0.717, 1.165) is 56.5 Å². The van der Waals surface area contributed by atoms with Crippen LogP contribution in [0.15, 0.2) is 18.3 Å². The SMILES string of the molecule is COc1ccc2nnc(CCN3CCOCC3)n2c1. The van der Waals surface area contributed by atoms with Crippen molar-refractivity contribution < 1.29 is 9.47 Å². The molecule has 0 saturated carbocycles. The van der Waals surface area contributed by atoms with Crippen molar-refractivity contribution in [2.45, 2.75) is 6.42 Å². The molecule has 0 radical (unpaired) electrons. The predicted molar refractivity (Wildman–Crippen MR) is 70.5 cm³/mol. The first kappa shape index (κ1) is 12.4. The van der Waals surface area contributed by atoms with E-state index >= 15 is 0 Å². The molecule has 6 nitrogen and oxygen atoms in total. The van der Waals surface area contributed by atoms with Crippen molar-refractivity contribution in [1.82, 2.24) is 19.5 Å². The summed E-state index contributed by atoms with van der Waals surface area (Å²) in [7, 11) is 1.67. The second-order valence-electron chi connectivity index (χ2n) is 4.62. The number of fused-ring (bicyclic) bond motifs is 1. The van der Waals surface area contributed by atoms with E-state index in [1.807, 2.05) is 22.7 Å².